The largest absolute Gasteiger partial charge is 0.524 e. The Morgan fingerprint density at radius 2 is 1.71 bits per heavy atom. The topological polar surface area (TPSA) is 96.7 Å². The Hall–Kier alpha value is -3.36. The first-order chi connectivity index (χ1) is 16.6. The van der Waals surface area contributed by atoms with Crippen LogP contribution in [0.5, 0.6) is 5.75 Å². The van der Waals surface area contributed by atoms with E-state index in [2.05, 4.69) is 12.0 Å². The summed E-state index contributed by atoms with van der Waals surface area (Å²) in [5, 5.41) is 10.3. The summed E-state index contributed by atoms with van der Waals surface area (Å²) >= 11 is 0. The zero-order valence-electron chi connectivity index (χ0n) is 20.2. The Morgan fingerprint density at radius 3 is 2.26 bits per heavy atom. The summed E-state index contributed by atoms with van der Waals surface area (Å²) in [7, 11) is -2.85. The molecule has 0 saturated heterocycles. The zero-order chi connectivity index (χ0) is 25.7. The number of carbonyl (C=O) groups is 1. The minimum atomic E-state index is -2.85. The van der Waals surface area contributed by atoms with Crippen LogP contribution in [-0.4, -0.2) is 32.7 Å². The number of rotatable bonds is 8. The van der Waals surface area contributed by atoms with Gasteiger partial charge in [0.15, 0.2) is 5.75 Å². The lowest BCUT2D eigenvalue weighted by atomic mass is 9.95. The Bertz CT molecular complexity index is 1260. The van der Waals surface area contributed by atoms with Gasteiger partial charge < -0.3 is 9.84 Å². The van der Waals surface area contributed by atoms with Crippen LogP contribution in [0.15, 0.2) is 54.6 Å². The van der Waals surface area contributed by atoms with E-state index in [9.17, 15) is 19.4 Å². The summed E-state index contributed by atoms with van der Waals surface area (Å²) in [5.41, 5.74) is 4.57. The Morgan fingerprint density at radius 1 is 1.09 bits per heavy atom. The van der Waals surface area contributed by atoms with Crippen molar-refractivity contribution in [3.8, 4) is 40.5 Å². The van der Waals surface area contributed by atoms with Crippen LogP contribution >= 0.6 is 8.03 Å². The third-order valence-electron chi connectivity index (χ3n) is 5.51. The third-order valence-corrected chi connectivity index (χ3v) is 6.48. The molecule has 0 saturated carbocycles. The van der Waals surface area contributed by atoms with E-state index >= 15 is 0 Å². The van der Waals surface area contributed by atoms with Crippen LogP contribution < -0.4 is 4.74 Å². The van der Waals surface area contributed by atoms with Gasteiger partial charge in [0.05, 0.1) is 17.8 Å². The van der Waals surface area contributed by atoms with Crippen molar-refractivity contribution in [2.24, 2.45) is 0 Å². The van der Waals surface area contributed by atoms with Gasteiger partial charge in [-0.2, -0.15) is 4.89 Å². The number of hydrogen-bond donors (Lipinski definition) is 2. The maximum Gasteiger partial charge on any atom is 0.524 e. The van der Waals surface area contributed by atoms with Crippen molar-refractivity contribution in [3.63, 3.8) is 0 Å². The monoisotopic (exact) mass is 490 g/mol. The first kappa shape index (κ1) is 26.2. The molecule has 3 atom stereocenters. The SMILES string of the molecule is C#CC(C(O)CC(=O)Oc1c(-c2cc(C)cc(C)c2)cc(-c2ccccc2)nc1C(C)C)[P+](=O)O. The molecule has 0 bridgehead atoms. The summed E-state index contributed by atoms with van der Waals surface area (Å²) in [5.74, 6) is 1.52. The molecule has 3 rings (SSSR count). The van der Waals surface area contributed by atoms with E-state index < -0.39 is 32.2 Å². The summed E-state index contributed by atoms with van der Waals surface area (Å²) < 4.78 is 17.2. The number of hydrogen-bond acceptors (Lipinski definition) is 5. The first-order valence-electron chi connectivity index (χ1n) is 11.3. The minimum absolute atomic E-state index is 0.0820. The van der Waals surface area contributed by atoms with E-state index in [0.717, 1.165) is 27.9 Å². The quantitative estimate of drug-likeness (QED) is 0.244. The maximum absolute atomic E-state index is 12.9. The molecule has 1 aromatic heterocycles. The lowest BCUT2D eigenvalue weighted by Crippen LogP contribution is -2.27. The van der Waals surface area contributed by atoms with Crippen LogP contribution in [-0.2, 0) is 9.36 Å². The van der Waals surface area contributed by atoms with Crippen molar-refractivity contribution < 1.29 is 24.1 Å². The average Bonchev–Trinajstić information content (AvgIpc) is 2.79. The lowest BCUT2D eigenvalue weighted by Gasteiger charge is -2.19. The van der Waals surface area contributed by atoms with Gasteiger partial charge >= 0.3 is 14.0 Å². The normalized spacial score (nSPS) is 13.1. The van der Waals surface area contributed by atoms with Crippen molar-refractivity contribution in [2.45, 2.75) is 51.8 Å². The summed E-state index contributed by atoms with van der Waals surface area (Å²) in [6.45, 7) is 7.91. The number of terminal acetylenes is 1. The standard InChI is InChI=1S/C28H28NO5P/c1-6-25(35(32)33)24(30)16-26(31)34-28-22(21-13-18(4)12-19(5)14-21)15-23(29-27(28)17(2)3)20-10-8-7-9-11-20/h1,7-15,17,24-25,30H,16H2,2-5H3/p+1. The van der Waals surface area contributed by atoms with Crippen molar-refractivity contribution in [3.05, 3.63) is 71.4 Å². The number of ether oxygens (including phenoxy) is 1. The van der Waals surface area contributed by atoms with E-state index in [0.29, 0.717) is 17.0 Å². The number of aliphatic hydroxyl groups excluding tert-OH is 1. The second kappa shape index (κ2) is 11.4. The average molecular weight is 491 g/mol. The number of aliphatic hydroxyl groups is 1. The molecular weight excluding hydrogens is 461 g/mol. The fraction of sp³-hybridized carbons (Fsp3) is 0.286. The molecule has 2 N–H and O–H groups in total. The van der Waals surface area contributed by atoms with E-state index in [-0.39, 0.29) is 5.92 Å². The highest BCUT2D eigenvalue weighted by molar-refractivity contribution is 7.39. The van der Waals surface area contributed by atoms with Crippen LogP contribution in [0.25, 0.3) is 22.4 Å². The molecule has 1 heterocycles. The number of carbonyl (C=O) groups excluding carboxylic acids is 1. The molecule has 6 nitrogen and oxygen atoms in total. The smallest absolute Gasteiger partial charge is 0.424 e. The van der Waals surface area contributed by atoms with Gasteiger partial charge in [-0.05, 0) is 41.9 Å². The lowest BCUT2D eigenvalue weighted by molar-refractivity contribution is -0.136. The third kappa shape index (κ3) is 6.41. The number of esters is 1. The van der Waals surface area contributed by atoms with E-state index in [1.54, 1.807) is 0 Å². The molecule has 0 aliphatic carbocycles. The molecule has 0 radical (unpaired) electrons. The molecule has 2 aromatic carbocycles. The zero-order valence-corrected chi connectivity index (χ0v) is 21.1. The van der Waals surface area contributed by atoms with Crippen LogP contribution in [0.2, 0.25) is 0 Å². The molecule has 35 heavy (non-hydrogen) atoms. The summed E-state index contributed by atoms with van der Waals surface area (Å²) in [6.07, 6.45) is 3.21. The second-order valence-electron chi connectivity index (χ2n) is 8.83. The predicted octanol–water partition coefficient (Wildman–Crippen LogP) is 5.55. The van der Waals surface area contributed by atoms with E-state index in [4.69, 9.17) is 16.1 Å². The molecular formula is C28H29NO5P+. The van der Waals surface area contributed by atoms with E-state index in [1.807, 2.05) is 76.2 Å². The van der Waals surface area contributed by atoms with Crippen molar-refractivity contribution >= 4 is 14.0 Å². The summed E-state index contributed by atoms with van der Waals surface area (Å²) in [6, 6.07) is 17.7. The van der Waals surface area contributed by atoms with Crippen molar-refractivity contribution in [1.82, 2.24) is 4.98 Å². The highest BCUT2D eigenvalue weighted by Gasteiger charge is 2.37. The van der Waals surface area contributed by atoms with E-state index in [1.165, 1.54) is 0 Å². The number of aromatic nitrogens is 1. The Kier molecular flexibility index (Phi) is 8.53. The van der Waals surface area contributed by atoms with Gasteiger partial charge in [0.1, 0.15) is 6.10 Å². The molecule has 0 aliphatic rings. The van der Waals surface area contributed by atoms with Gasteiger partial charge in [-0.1, -0.05) is 73.5 Å². The minimum Gasteiger partial charge on any atom is -0.424 e. The van der Waals surface area contributed by atoms with Gasteiger partial charge in [-0.15, -0.1) is 6.42 Å². The van der Waals surface area contributed by atoms with Gasteiger partial charge in [-0.3, -0.25) is 4.79 Å². The molecule has 0 amide bonds. The maximum atomic E-state index is 12.9. The molecule has 0 aliphatic heterocycles. The van der Waals surface area contributed by atoms with Crippen LogP contribution in [0.3, 0.4) is 0 Å². The van der Waals surface area contributed by atoms with Crippen LogP contribution in [0.4, 0.5) is 0 Å². The van der Waals surface area contributed by atoms with Crippen molar-refractivity contribution in [1.29, 1.82) is 0 Å². The van der Waals surface area contributed by atoms with Gasteiger partial charge in [-0.25, -0.2) is 4.98 Å². The van der Waals surface area contributed by atoms with Gasteiger partial charge in [0.25, 0.3) is 5.66 Å². The predicted molar refractivity (Wildman–Crippen MR) is 137 cm³/mol. The number of pyridine rings is 1. The highest BCUT2D eigenvalue weighted by atomic mass is 31.1. The second-order valence-corrected chi connectivity index (χ2v) is 9.99. The van der Waals surface area contributed by atoms with Crippen molar-refractivity contribution in [2.75, 3.05) is 0 Å². The van der Waals surface area contributed by atoms with Gasteiger partial charge in [0.2, 0.25) is 0 Å². The van der Waals surface area contributed by atoms with Gasteiger partial charge in [0, 0.05) is 11.1 Å². The fourth-order valence-electron chi connectivity index (χ4n) is 3.91. The van der Waals surface area contributed by atoms with Crippen LogP contribution in [0, 0.1) is 26.2 Å². The molecule has 0 spiro atoms. The fourth-order valence-corrected chi connectivity index (χ4v) is 4.44. The number of aryl methyl sites for hydroxylation is 2. The number of nitrogens with zero attached hydrogens (tertiary/aromatic N) is 1. The molecule has 3 aromatic rings. The highest BCUT2D eigenvalue weighted by Crippen LogP contribution is 2.40. The molecule has 0 fully saturated rings. The molecule has 180 valence electrons. The summed E-state index contributed by atoms with van der Waals surface area (Å²) in [4.78, 5) is 27.0. The Labute approximate surface area is 206 Å². The Balaban J connectivity index is 2.14. The van der Waals surface area contributed by atoms with Crippen LogP contribution in [0.1, 0.15) is 43.0 Å². The first-order valence-corrected chi connectivity index (χ1v) is 12.6. The molecule has 3 unspecified atom stereocenters. The number of benzene rings is 2. The molecule has 7 heteroatoms.